The van der Waals surface area contributed by atoms with Crippen LogP contribution >= 0.6 is 0 Å². The molecule has 2 fully saturated rings. The lowest BCUT2D eigenvalue weighted by atomic mass is 10.0. The van der Waals surface area contributed by atoms with Gasteiger partial charge in [-0.3, -0.25) is 9.59 Å². The fourth-order valence-corrected chi connectivity index (χ4v) is 2.98. The Morgan fingerprint density at radius 2 is 2.10 bits per heavy atom. The lowest BCUT2D eigenvalue weighted by Gasteiger charge is -2.34. The van der Waals surface area contributed by atoms with Crippen molar-refractivity contribution in [3.8, 4) is 0 Å². The first-order valence-corrected chi connectivity index (χ1v) is 7.10. The number of carbonyl (C=O) groups is 2. The third-order valence-electron chi connectivity index (χ3n) is 4.08. The number of likely N-dealkylation sites (N-methyl/N-ethyl adjacent to an activating group) is 1. The molecule has 0 aromatic carbocycles. The molecule has 2 aliphatic rings. The highest BCUT2D eigenvalue weighted by atomic mass is 19.4. The predicted molar refractivity (Wildman–Crippen MR) is 69.4 cm³/mol. The van der Waals surface area contributed by atoms with Gasteiger partial charge in [0.1, 0.15) is 6.54 Å². The van der Waals surface area contributed by atoms with Crippen LogP contribution in [0.15, 0.2) is 0 Å². The largest absolute Gasteiger partial charge is 0.406 e. The summed E-state index contributed by atoms with van der Waals surface area (Å²) in [4.78, 5) is 26.4. The number of likely N-dealkylation sites (tertiary alicyclic amines) is 2. The standard InChI is InChI=1S/C13H20F3N3O2/c1-17-10-3-2-4-18(7-10)12(21)9-5-11(20)19(6-9)8-13(14,15)16/h9-10,17H,2-8H2,1H3/t9-,10-/m1/s1. The summed E-state index contributed by atoms with van der Waals surface area (Å²) in [5.74, 6) is -1.43. The molecule has 2 aliphatic heterocycles. The van der Waals surface area contributed by atoms with E-state index in [2.05, 4.69) is 5.32 Å². The number of nitrogens with one attached hydrogen (secondary N) is 1. The van der Waals surface area contributed by atoms with E-state index in [1.165, 1.54) is 0 Å². The van der Waals surface area contributed by atoms with Crippen LogP contribution in [0.4, 0.5) is 13.2 Å². The summed E-state index contributed by atoms with van der Waals surface area (Å²) in [5.41, 5.74) is 0. The van der Waals surface area contributed by atoms with Crippen molar-refractivity contribution in [3.63, 3.8) is 0 Å². The Kier molecular flexibility index (Phi) is 4.75. The second kappa shape index (κ2) is 6.21. The minimum Gasteiger partial charge on any atom is -0.341 e. The smallest absolute Gasteiger partial charge is 0.341 e. The van der Waals surface area contributed by atoms with Gasteiger partial charge in [-0.1, -0.05) is 0 Å². The summed E-state index contributed by atoms with van der Waals surface area (Å²) in [6.45, 7) is -0.229. The number of piperidine rings is 1. The van der Waals surface area contributed by atoms with Crippen LogP contribution in [0, 0.1) is 5.92 Å². The number of rotatable bonds is 3. The maximum atomic E-state index is 12.4. The third-order valence-corrected chi connectivity index (χ3v) is 4.08. The van der Waals surface area contributed by atoms with Gasteiger partial charge in [0.25, 0.3) is 0 Å². The number of hydrogen-bond donors (Lipinski definition) is 1. The van der Waals surface area contributed by atoms with E-state index >= 15 is 0 Å². The van der Waals surface area contributed by atoms with Gasteiger partial charge in [-0.25, -0.2) is 0 Å². The van der Waals surface area contributed by atoms with Crippen LogP contribution in [0.5, 0.6) is 0 Å². The predicted octanol–water partition coefficient (Wildman–Crippen LogP) is 0.608. The van der Waals surface area contributed by atoms with Crippen LogP contribution in [0.2, 0.25) is 0 Å². The summed E-state index contributed by atoms with van der Waals surface area (Å²) < 4.78 is 37.1. The Morgan fingerprint density at radius 3 is 2.71 bits per heavy atom. The zero-order valence-electron chi connectivity index (χ0n) is 11.9. The van der Waals surface area contributed by atoms with E-state index in [1.54, 1.807) is 4.90 Å². The van der Waals surface area contributed by atoms with Gasteiger partial charge in [0.2, 0.25) is 11.8 Å². The molecule has 21 heavy (non-hydrogen) atoms. The number of halogens is 3. The van der Waals surface area contributed by atoms with Crippen LogP contribution < -0.4 is 5.32 Å². The van der Waals surface area contributed by atoms with Crippen LogP contribution in [-0.4, -0.2) is 67.1 Å². The maximum absolute atomic E-state index is 12.4. The summed E-state index contributed by atoms with van der Waals surface area (Å²) in [6.07, 6.45) is -2.69. The molecular weight excluding hydrogens is 287 g/mol. The van der Waals surface area contributed by atoms with Gasteiger partial charge in [0.15, 0.2) is 0 Å². The van der Waals surface area contributed by atoms with Gasteiger partial charge in [0, 0.05) is 32.1 Å². The van der Waals surface area contributed by atoms with Gasteiger partial charge in [-0.15, -0.1) is 0 Å². The SMILES string of the molecule is CN[C@@H]1CCCN(C(=O)[C@@H]2CC(=O)N(CC(F)(F)F)C2)C1. The monoisotopic (exact) mass is 307 g/mol. The Hall–Kier alpha value is -1.31. The highest BCUT2D eigenvalue weighted by molar-refractivity contribution is 5.89. The van der Waals surface area contributed by atoms with Crippen LogP contribution in [0.3, 0.4) is 0 Å². The van der Waals surface area contributed by atoms with E-state index in [0.29, 0.717) is 13.1 Å². The molecule has 2 rings (SSSR count). The average Bonchev–Trinajstić information content (AvgIpc) is 2.77. The summed E-state index contributed by atoms with van der Waals surface area (Å²) in [5, 5.41) is 3.11. The molecule has 0 radical (unpaired) electrons. The number of alkyl halides is 3. The van der Waals surface area contributed by atoms with Gasteiger partial charge in [-0.2, -0.15) is 13.2 Å². The Labute approximate surface area is 121 Å². The van der Waals surface area contributed by atoms with Gasteiger partial charge in [-0.05, 0) is 19.9 Å². The van der Waals surface area contributed by atoms with Gasteiger partial charge < -0.3 is 15.1 Å². The average molecular weight is 307 g/mol. The van der Waals surface area contributed by atoms with Gasteiger partial charge in [0.05, 0.1) is 5.92 Å². The van der Waals surface area contributed by atoms with E-state index in [1.807, 2.05) is 7.05 Å². The second-order valence-corrected chi connectivity index (χ2v) is 5.70. The van der Waals surface area contributed by atoms with Crippen molar-refractivity contribution < 1.29 is 22.8 Å². The number of amides is 2. The molecule has 2 saturated heterocycles. The van der Waals surface area contributed by atoms with Crippen molar-refractivity contribution >= 4 is 11.8 Å². The van der Waals surface area contributed by atoms with Gasteiger partial charge >= 0.3 is 6.18 Å². The van der Waals surface area contributed by atoms with Crippen molar-refractivity contribution in [2.24, 2.45) is 5.92 Å². The Balaban J connectivity index is 1.93. The number of carbonyl (C=O) groups excluding carboxylic acids is 2. The molecule has 0 unspecified atom stereocenters. The molecule has 5 nitrogen and oxygen atoms in total. The zero-order valence-corrected chi connectivity index (χ0v) is 11.9. The lowest BCUT2D eigenvalue weighted by Crippen LogP contribution is -2.49. The third kappa shape index (κ3) is 4.09. The van der Waals surface area contributed by atoms with E-state index in [-0.39, 0.29) is 24.9 Å². The molecule has 0 bridgehead atoms. The highest BCUT2D eigenvalue weighted by Crippen LogP contribution is 2.26. The summed E-state index contributed by atoms with van der Waals surface area (Å²) in [7, 11) is 1.82. The molecule has 0 saturated carbocycles. The second-order valence-electron chi connectivity index (χ2n) is 5.70. The number of hydrogen-bond acceptors (Lipinski definition) is 3. The molecular formula is C13H20F3N3O2. The maximum Gasteiger partial charge on any atom is 0.406 e. The molecule has 120 valence electrons. The molecule has 8 heteroatoms. The lowest BCUT2D eigenvalue weighted by molar-refractivity contribution is -0.157. The van der Waals surface area contributed by atoms with Crippen molar-refractivity contribution in [2.75, 3.05) is 33.2 Å². The first-order valence-electron chi connectivity index (χ1n) is 7.10. The van der Waals surface area contributed by atoms with E-state index < -0.39 is 24.5 Å². The fourth-order valence-electron chi connectivity index (χ4n) is 2.98. The molecule has 2 heterocycles. The zero-order chi connectivity index (χ0) is 15.6. The molecule has 0 spiro atoms. The number of nitrogens with zero attached hydrogens (tertiary/aromatic N) is 2. The molecule has 0 aromatic rings. The molecule has 2 atom stereocenters. The summed E-state index contributed by atoms with van der Waals surface area (Å²) in [6, 6.07) is 0.214. The van der Waals surface area contributed by atoms with Crippen molar-refractivity contribution in [1.29, 1.82) is 0 Å². The normalized spacial score (nSPS) is 27.3. The quantitative estimate of drug-likeness (QED) is 0.831. The molecule has 2 amide bonds. The molecule has 1 N–H and O–H groups in total. The summed E-state index contributed by atoms with van der Waals surface area (Å²) >= 11 is 0. The fraction of sp³-hybridized carbons (Fsp3) is 0.846. The molecule has 0 aliphatic carbocycles. The molecule has 0 aromatic heterocycles. The first kappa shape index (κ1) is 16.1. The minimum atomic E-state index is -4.42. The van der Waals surface area contributed by atoms with Crippen molar-refractivity contribution in [1.82, 2.24) is 15.1 Å². The van der Waals surface area contributed by atoms with Crippen LogP contribution in [0.25, 0.3) is 0 Å². The van der Waals surface area contributed by atoms with Crippen LogP contribution in [0.1, 0.15) is 19.3 Å². The Bertz CT molecular complexity index is 414. The highest BCUT2D eigenvalue weighted by Gasteiger charge is 2.42. The van der Waals surface area contributed by atoms with Crippen molar-refractivity contribution in [2.45, 2.75) is 31.5 Å². The minimum absolute atomic E-state index is 0.115. The van der Waals surface area contributed by atoms with E-state index in [9.17, 15) is 22.8 Å². The van der Waals surface area contributed by atoms with E-state index in [4.69, 9.17) is 0 Å². The van der Waals surface area contributed by atoms with Crippen LogP contribution in [-0.2, 0) is 9.59 Å². The first-order chi connectivity index (χ1) is 9.80. The Morgan fingerprint density at radius 1 is 1.38 bits per heavy atom. The van der Waals surface area contributed by atoms with E-state index in [0.717, 1.165) is 17.7 Å². The van der Waals surface area contributed by atoms with Crippen molar-refractivity contribution in [3.05, 3.63) is 0 Å². The topological polar surface area (TPSA) is 52.7 Å².